The lowest BCUT2D eigenvalue weighted by Crippen LogP contribution is -2.44. The molecule has 1 unspecified atom stereocenters. The second-order valence-electron chi connectivity index (χ2n) is 5.63. The number of rotatable bonds is 6. The van der Waals surface area contributed by atoms with Gasteiger partial charge in [-0.25, -0.2) is 9.59 Å². The predicted octanol–water partition coefficient (Wildman–Crippen LogP) is 1.36. The highest BCUT2D eigenvalue weighted by molar-refractivity contribution is 5.82. The van der Waals surface area contributed by atoms with Gasteiger partial charge in [0.15, 0.2) is 0 Å². The number of alkyl carbamates (subject to hydrolysis) is 1. The van der Waals surface area contributed by atoms with Gasteiger partial charge in [0.2, 0.25) is 0 Å². The first-order valence-corrected chi connectivity index (χ1v) is 7.45. The van der Waals surface area contributed by atoms with Crippen LogP contribution in [0.3, 0.4) is 0 Å². The van der Waals surface area contributed by atoms with E-state index >= 15 is 0 Å². The maximum Gasteiger partial charge on any atom is 0.408 e. The normalized spacial score (nSPS) is 11.4. The van der Waals surface area contributed by atoms with E-state index in [1.165, 1.54) is 14.2 Å². The summed E-state index contributed by atoms with van der Waals surface area (Å²) in [5.74, 6) is -1.12. The lowest BCUT2D eigenvalue weighted by atomic mass is 10.1. The molecule has 23 heavy (non-hydrogen) atoms. The van der Waals surface area contributed by atoms with Gasteiger partial charge >= 0.3 is 18.0 Å². The number of hydrogen-bond donors (Lipinski definition) is 2. The molecule has 0 rings (SSSR count). The highest BCUT2D eigenvalue weighted by Gasteiger charge is 2.25. The van der Waals surface area contributed by atoms with Crippen molar-refractivity contribution in [1.29, 1.82) is 0 Å². The fourth-order valence-electron chi connectivity index (χ4n) is 1.21. The largest absolute Gasteiger partial charge is 0.469 e. The van der Waals surface area contributed by atoms with Crippen LogP contribution in [0.25, 0.3) is 0 Å². The number of methoxy groups -OCH3 is 2. The first kappa shape index (κ1) is 23.4. The first-order valence-electron chi connectivity index (χ1n) is 7.45. The third kappa shape index (κ3) is 14.9. The topological polar surface area (TPSA) is 117 Å². The number of amides is 1. The molecule has 8 heteroatoms. The van der Waals surface area contributed by atoms with Crippen molar-refractivity contribution in [3.05, 3.63) is 0 Å². The average molecular weight is 334 g/mol. The monoisotopic (exact) mass is 334 g/mol. The molecule has 3 N–H and O–H groups in total. The van der Waals surface area contributed by atoms with Crippen LogP contribution in [-0.4, -0.2) is 50.4 Å². The quantitative estimate of drug-likeness (QED) is 0.556. The fourth-order valence-corrected chi connectivity index (χ4v) is 1.21. The van der Waals surface area contributed by atoms with Crippen molar-refractivity contribution < 1.29 is 28.6 Å². The minimum atomic E-state index is -0.945. The van der Waals surface area contributed by atoms with Crippen molar-refractivity contribution in [3.63, 3.8) is 0 Å². The zero-order chi connectivity index (χ0) is 18.5. The number of hydrogen-bond acceptors (Lipinski definition) is 7. The van der Waals surface area contributed by atoms with Crippen LogP contribution in [0, 0.1) is 0 Å². The second-order valence-corrected chi connectivity index (χ2v) is 5.63. The molecule has 8 nitrogen and oxygen atoms in total. The smallest absolute Gasteiger partial charge is 0.408 e. The van der Waals surface area contributed by atoms with Crippen LogP contribution in [0.2, 0.25) is 0 Å². The Bertz CT molecular complexity index is 363. The molecule has 0 aromatic heterocycles. The summed E-state index contributed by atoms with van der Waals surface area (Å²) < 4.78 is 14.0. The number of carbonyl (C=O) groups is 3. The number of esters is 2. The van der Waals surface area contributed by atoms with Crippen molar-refractivity contribution >= 4 is 18.0 Å². The predicted molar refractivity (Wildman–Crippen MR) is 85.8 cm³/mol. The molecule has 0 aliphatic heterocycles. The average Bonchev–Trinajstić information content (AvgIpc) is 2.48. The standard InChI is InChI=1S/C12H21NO6.C3H9N/c1-12(2,3)19-11(16)13-8(10(15)18-5)6-7-9(14)17-4;1-2-3-4/h8H,6-7H2,1-5H3,(H,13,16);2-4H2,1H3. The van der Waals surface area contributed by atoms with Gasteiger partial charge in [-0.2, -0.15) is 0 Å². The lowest BCUT2D eigenvalue weighted by molar-refractivity contribution is -0.144. The van der Waals surface area contributed by atoms with Gasteiger partial charge in [-0.1, -0.05) is 6.92 Å². The third-order valence-corrected chi connectivity index (χ3v) is 2.33. The molecule has 0 bridgehead atoms. The number of nitrogens with one attached hydrogen (secondary N) is 1. The van der Waals surface area contributed by atoms with Crippen LogP contribution in [0.4, 0.5) is 4.79 Å². The zero-order valence-electron chi connectivity index (χ0n) is 14.9. The van der Waals surface area contributed by atoms with Crippen molar-refractivity contribution in [1.82, 2.24) is 5.32 Å². The summed E-state index contributed by atoms with van der Waals surface area (Å²) in [4.78, 5) is 34.0. The molecule has 1 amide bonds. The van der Waals surface area contributed by atoms with E-state index in [1.807, 2.05) is 0 Å². The Hall–Kier alpha value is -1.83. The molecule has 0 radical (unpaired) electrons. The molecular weight excluding hydrogens is 304 g/mol. The molecule has 1 atom stereocenters. The molecule has 0 fully saturated rings. The number of nitrogens with two attached hydrogens (primary N) is 1. The molecule has 0 heterocycles. The molecule has 136 valence electrons. The van der Waals surface area contributed by atoms with Gasteiger partial charge in [-0.15, -0.1) is 0 Å². The van der Waals surface area contributed by atoms with Crippen molar-refractivity contribution in [2.75, 3.05) is 20.8 Å². The minimum Gasteiger partial charge on any atom is -0.469 e. The highest BCUT2D eigenvalue weighted by Crippen LogP contribution is 2.08. The van der Waals surface area contributed by atoms with Crippen LogP contribution in [0.15, 0.2) is 0 Å². The molecular formula is C15H30N2O6. The Morgan fingerprint density at radius 1 is 1.13 bits per heavy atom. The summed E-state index contributed by atoms with van der Waals surface area (Å²) in [6, 6.07) is -0.945. The SMILES string of the molecule is CCCN.COC(=O)CCC(NC(=O)OC(C)(C)C)C(=O)OC. The van der Waals surface area contributed by atoms with Crippen LogP contribution in [-0.2, 0) is 23.8 Å². The molecule has 0 aromatic rings. The Balaban J connectivity index is 0. The second kappa shape index (κ2) is 12.7. The summed E-state index contributed by atoms with van der Waals surface area (Å²) in [7, 11) is 2.45. The summed E-state index contributed by atoms with van der Waals surface area (Å²) in [5.41, 5.74) is 4.35. The van der Waals surface area contributed by atoms with E-state index < -0.39 is 29.7 Å². The van der Waals surface area contributed by atoms with Crippen LogP contribution in [0.1, 0.15) is 47.0 Å². The summed E-state index contributed by atoms with van der Waals surface area (Å²) >= 11 is 0. The summed E-state index contributed by atoms with van der Waals surface area (Å²) in [6.07, 6.45) is 0.428. The Labute approximate surface area is 138 Å². The van der Waals surface area contributed by atoms with Gasteiger partial charge in [0.05, 0.1) is 14.2 Å². The summed E-state index contributed by atoms with van der Waals surface area (Å²) in [5, 5.41) is 2.36. The number of ether oxygens (including phenoxy) is 3. The van der Waals surface area contributed by atoms with Gasteiger partial charge in [0.25, 0.3) is 0 Å². The van der Waals surface area contributed by atoms with E-state index in [2.05, 4.69) is 21.7 Å². The van der Waals surface area contributed by atoms with Gasteiger partial charge < -0.3 is 25.3 Å². The van der Waals surface area contributed by atoms with Gasteiger partial charge in [0, 0.05) is 6.42 Å². The molecule has 0 aromatic carbocycles. The highest BCUT2D eigenvalue weighted by atomic mass is 16.6. The molecule has 0 saturated carbocycles. The van der Waals surface area contributed by atoms with Crippen molar-refractivity contribution in [2.45, 2.75) is 58.6 Å². The fraction of sp³-hybridized carbons (Fsp3) is 0.800. The lowest BCUT2D eigenvalue weighted by Gasteiger charge is -2.22. The molecule has 0 aliphatic carbocycles. The Morgan fingerprint density at radius 2 is 1.65 bits per heavy atom. The van der Waals surface area contributed by atoms with Gasteiger partial charge in [-0.05, 0) is 40.2 Å². The van der Waals surface area contributed by atoms with Crippen molar-refractivity contribution in [3.8, 4) is 0 Å². The van der Waals surface area contributed by atoms with E-state index in [4.69, 9.17) is 10.5 Å². The first-order chi connectivity index (χ1) is 10.6. The maximum absolute atomic E-state index is 11.5. The van der Waals surface area contributed by atoms with Crippen LogP contribution >= 0.6 is 0 Å². The van der Waals surface area contributed by atoms with E-state index in [1.54, 1.807) is 20.8 Å². The third-order valence-electron chi connectivity index (χ3n) is 2.33. The molecule has 0 spiro atoms. The van der Waals surface area contributed by atoms with E-state index in [9.17, 15) is 14.4 Å². The molecule has 0 aliphatic rings. The maximum atomic E-state index is 11.5. The van der Waals surface area contributed by atoms with Gasteiger partial charge in [0.1, 0.15) is 11.6 Å². The van der Waals surface area contributed by atoms with Crippen LogP contribution in [0.5, 0.6) is 0 Å². The zero-order valence-corrected chi connectivity index (χ0v) is 14.9. The van der Waals surface area contributed by atoms with E-state index in [0.29, 0.717) is 0 Å². The molecule has 0 saturated heterocycles. The minimum absolute atomic E-state index is 0.00787. The number of carbonyl (C=O) groups excluding carboxylic acids is 3. The van der Waals surface area contributed by atoms with Crippen LogP contribution < -0.4 is 11.1 Å². The van der Waals surface area contributed by atoms with Crippen molar-refractivity contribution in [2.24, 2.45) is 5.73 Å². The van der Waals surface area contributed by atoms with Gasteiger partial charge in [-0.3, -0.25) is 4.79 Å². The van der Waals surface area contributed by atoms with E-state index in [-0.39, 0.29) is 12.8 Å². The Kier molecular flexibility index (Phi) is 12.9. The summed E-state index contributed by atoms with van der Waals surface area (Å²) in [6.45, 7) is 7.98. The van der Waals surface area contributed by atoms with E-state index in [0.717, 1.165) is 13.0 Å². The Morgan fingerprint density at radius 3 is 2.00 bits per heavy atom.